The molecule has 9 atom stereocenters. The zero-order valence-electron chi connectivity index (χ0n) is 42.8. The van der Waals surface area contributed by atoms with E-state index in [1.165, 1.54) is 0 Å². The molecule has 23 nitrogen and oxygen atoms in total. The number of nitrogens with two attached hydrogens (primary N) is 3. The molecule has 0 saturated carbocycles. The molecule has 1 fully saturated rings. The molecule has 0 radical (unpaired) electrons. The number of nitrogens with one attached hydrogen (secondary N) is 9. The predicted octanol–water partition coefficient (Wildman–Crippen LogP) is -2.47. The largest absolute Gasteiger partial charge is 0.394 e. The van der Waals surface area contributed by atoms with Crippen molar-refractivity contribution in [2.75, 3.05) is 32.8 Å². The molecular weight excluding hydrogens is 909 g/mol. The summed E-state index contributed by atoms with van der Waals surface area (Å²) in [7, 11) is 0. The van der Waals surface area contributed by atoms with Crippen LogP contribution in [0.4, 0.5) is 0 Å². The Morgan fingerprint density at radius 3 is 1.31 bits per heavy atom. The quantitative estimate of drug-likeness (QED) is 0.0472. The second-order valence-electron chi connectivity index (χ2n) is 20.0. The average Bonchev–Trinajstić information content (AvgIpc) is 3.26. The third kappa shape index (κ3) is 24.7. The van der Waals surface area contributed by atoms with E-state index < -0.39 is 114 Å². The van der Waals surface area contributed by atoms with E-state index in [1.807, 2.05) is 41.5 Å². The standard InChI is InChI=1S/C47H88N12O11/c1-26(2)11-9-10-12-30(61)24-39(62)52-38(25-60)47(70)56-34-16-20-51-40(63)35(21-27(3)4)57-42(65)32(14-18-49)53-41(64)31(13-17-48)55-45(68)36(22-28(5)6)59-46(69)37(23-29(7)8)58-43(66)33(15-19-50)54-44(34)67/h26-38,60-61H,9-25,48-50H2,1-8H3,(H,51,63)(H,52,62)(H,53,64)(H,54,67)(H,55,68)(H,56,70)(H,57,65)(H,58,66)(H,59,69)/t30?,31-,32-,33?,34?,35?,36-,37+,38+/m0/s1. The SMILES string of the molecule is CC(C)CCCCC(O)CC(=O)N[C@H](CO)C(=O)NC1CCNC(=O)C(CC(C)C)NC(=O)[C@H](CCN)NC(=O)[C@H](CCN)NC(=O)[C@H](CC(C)C)NC(=O)[C@@H](CC(C)C)NC(=O)C(CCN)NC1=O. The van der Waals surface area contributed by atoms with Crippen LogP contribution in [0.5, 0.6) is 0 Å². The Morgan fingerprint density at radius 1 is 0.557 bits per heavy atom. The van der Waals surface area contributed by atoms with Crippen molar-refractivity contribution in [1.82, 2.24) is 47.9 Å². The second-order valence-corrected chi connectivity index (χ2v) is 20.0. The zero-order chi connectivity index (χ0) is 53.1. The first-order valence-corrected chi connectivity index (χ1v) is 25.0. The molecule has 402 valence electrons. The highest BCUT2D eigenvalue weighted by atomic mass is 16.3. The number of rotatable bonds is 23. The summed E-state index contributed by atoms with van der Waals surface area (Å²) in [6, 6.07) is -10.6. The molecule has 0 aliphatic carbocycles. The molecule has 70 heavy (non-hydrogen) atoms. The molecule has 17 N–H and O–H groups in total. The smallest absolute Gasteiger partial charge is 0.245 e. The number of hydrogen-bond donors (Lipinski definition) is 14. The summed E-state index contributed by atoms with van der Waals surface area (Å²) in [5.74, 6) is -7.06. The van der Waals surface area contributed by atoms with Crippen molar-refractivity contribution in [3.05, 3.63) is 0 Å². The molecule has 0 aromatic heterocycles. The van der Waals surface area contributed by atoms with Gasteiger partial charge in [0.15, 0.2) is 0 Å². The number of amides is 9. The molecule has 0 bridgehead atoms. The van der Waals surface area contributed by atoms with Crippen molar-refractivity contribution in [2.45, 2.75) is 187 Å². The zero-order valence-corrected chi connectivity index (χ0v) is 42.8. The lowest BCUT2D eigenvalue weighted by Gasteiger charge is -2.29. The molecular formula is C47H88N12O11. The molecule has 1 rings (SSSR count). The van der Waals surface area contributed by atoms with Crippen molar-refractivity contribution in [3.8, 4) is 0 Å². The Bertz CT molecular complexity index is 1680. The van der Waals surface area contributed by atoms with Crippen molar-refractivity contribution in [2.24, 2.45) is 40.9 Å². The van der Waals surface area contributed by atoms with E-state index in [2.05, 4.69) is 61.7 Å². The lowest BCUT2D eigenvalue weighted by Crippen LogP contribution is -2.61. The van der Waals surface area contributed by atoms with Gasteiger partial charge in [0.2, 0.25) is 53.2 Å². The topological polar surface area (TPSA) is 380 Å². The van der Waals surface area contributed by atoms with Crippen LogP contribution in [0.3, 0.4) is 0 Å². The van der Waals surface area contributed by atoms with E-state index in [9.17, 15) is 53.4 Å². The molecule has 0 aromatic carbocycles. The first kappa shape index (κ1) is 63.0. The summed E-state index contributed by atoms with van der Waals surface area (Å²) in [5.41, 5.74) is 17.6. The maximum Gasteiger partial charge on any atom is 0.245 e. The number of aliphatic hydroxyl groups is 2. The third-order valence-electron chi connectivity index (χ3n) is 11.5. The van der Waals surface area contributed by atoms with E-state index in [-0.39, 0.29) is 95.3 Å². The van der Waals surface area contributed by atoms with Gasteiger partial charge < -0.3 is 75.3 Å². The van der Waals surface area contributed by atoms with Gasteiger partial charge in [0.1, 0.15) is 48.3 Å². The van der Waals surface area contributed by atoms with Gasteiger partial charge >= 0.3 is 0 Å². The van der Waals surface area contributed by atoms with E-state index in [0.717, 1.165) is 12.8 Å². The molecule has 0 aromatic rings. The molecule has 1 aliphatic heterocycles. The first-order valence-electron chi connectivity index (χ1n) is 25.0. The van der Waals surface area contributed by atoms with Gasteiger partial charge in [-0.15, -0.1) is 0 Å². The van der Waals surface area contributed by atoms with Crippen LogP contribution >= 0.6 is 0 Å². The van der Waals surface area contributed by atoms with Gasteiger partial charge in [0, 0.05) is 6.54 Å². The summed E-state index contributed by atoms with van der Waals surface area (Å²) >= 11 is 0. The molecule has 4 unspecified atom stereocenters. The van der Waals surface area contributed by atoms with E-state index in [4.69, 9.17) is 17.2 Å². The van der Waals surface area contributed by atoms with Crippen LogP contribution in [0.15, 0.2) is 0 Å². The number of unbranched alkanes of at least 4 members (excludes halogenated alkanes) is 1. The molecule has 23 heteroatoms. The highest BCUT2D eigenvalue weighted by molar-refractivity contribution is 5.98. The fourth-order valence-electron chi connectivity index (χ4n) is 7.75. The van der Waals surface area contributed by atoms with Crippen LogP contribution in [0.2, 0.25) is 0 Å². The Balaban J connectivity index is 3.77. The normalized spacial score (nSPS) is 23.9. The fourth-order valence-corrected chi connectivity index (χ4v) is 7.75. The second kappa shape index (κ2) is 33.6. The monoisotopic (exact) mass is 997 g/mol. The summed E-state index contributed by atoms with van der Waals surface area (Å²) in [5, 5.41) is 44.2. The van der Waals surface area contributed by atoms with Crippen molar-refractivity contribution in [1.29, 1.82) is 0 Å². The number of aliphatic hydroxyl groups excluding tert-OH is 2. The number of carbonyl (C=O) groups excluding carboxylic acids is 9. The van der Waals surface area contributed by atoms with Crippen molar-refractivity contribution in [3.63, 3.8) is 0 Å². The van der Waals surface area contributed by atoms with Gasteiger partial charge in [-0.05, 0) is 94.7 Å². The number of hydrogen-bond acceptors (Lipinski definition) is 14. The van der Waals surface area contributed by atoms with Crippen LogP contribution in [-0.4, -0.2) is 151 Å². The average molecular weight is 997 g/mol. The van der Waals surface area contributed by atoms with Crippen LogP contribution in [0, 0.1) is 23.7 Å². The maximum absolute atomic E-state index is 14.2. The minimum Gasteiger partial charge on any atom is -0.394 e. The minimum atomic E-state index is -1.57. The summed E-state index contributed by atoms with van der Waals surface area (Å²) in [6.07, 6.45) is 1.31. The fraction of sp³-hybridized carbons (Fsp3) is 0.809. The summed E-state index contributed by atoms with van der Waals surface area (Å²) < 4.78 is 0. The van der Waals surface area contributed by atoms with Crippen LogP contribution in [0.25, 0.3) is 0 Å². The van der Waals surface area contributed by atoms with Gasteiger partial charge in [-0.1, -0.05) is 74.7 Å². The van der Waals surface area contributed by atoms with E-state index in [1.54, 1.807) is 0 Å². The molecule has 1 heterocycles. The highest BCUT2D eigenvalue weighted by Gasteiger charge is 2.35. The lowest BCUT2D eigenvalue weighted by molar-refractivity contribution is -0.136. The van der Waals surface area contributed by atoms with E-state index >= 15 is 0 Å². The van der Waals surface area contributed by atoms with Crippen LogP contribution in [0.1, 0.15) is 132 Å². The van der Waals surface area contributed by atoms with Gasteiger partial charge in [0.05, 0.1) is 19.1 Å². The Labute approximate surface area is 414 Å². The number of carbonyl (C=O) groups is 9. The van der Waals surface area contributed by atoms with Gasteiger partial charge in [0.25, 0.3) is 0 Å². The van der Waals surface area contributed by atoms with E-state index in [0.29, 0.717) is 18.8 Å². The molecule has 1 aliphatic rings. The molecule has 9 amide bonds. The Hall–Kier alpha value is -4.97. The van der Waals surface area contributed by atoms with Gasteiger partial charge in [-0.2, -0.15) is 0 Å². The first-order chi connectivity index (χ1) is 33.0. The Kier molecular flexibility index (Phi) is 30.2. The Morgan fingerprint density at radius 2 is 0.929 bits per heavy atom. The van der Waals surface area contributed by atoms with Crippen molar-refractivity contribution < 1.29 is 53.4 Å². The highest BCUT2D eigenvalue weighted by Crippen LogP contribution is 2.14. The summed E-state index contributed by atoms with van der Waals surface area (Å²) in [6.45, 7) is 13.7. The van der Waals surface area contributed by atoms with Crippen LogP contribution in [-0.2, 0) is 43.2 Å². The van der Waals surface area contributed by atoms with Crippen molar-refractivity contribution >= 4 is 53.2 Å². The van der Waals surface area contributed by atoms with Gasteiger partial charge in [-0.25, -0.2) is 0 Å². The molecule has 1 saturated heterocycles. The predicted molar refractivity (Wildman–Crippen MR) is 263 cm³/mol. The lowest BCUT2D eigenvalue weighted by atomic mass is 9.99. The van der Waals surface area contributed by atoms with Crippen LogP contribution < -0.4 is 65.1 Å². The maximum atomic E-state index is 14.2. The molecule has 0 spiro atoms. The van der Waals surface area contributed by atoms with Gasteiger partial charge in [-0.3, -0.25) is 43.2 Å². The third-order valence-corrected chi connectivity index (χ3v) is 11.5. The summed E-state index contributed by atoms with van der Waals surface area (Å²) in [4.78, 5) is 124. The minimum absolute atomic E-state index is 0.0417.